The highest BCUT2D eigenvalue weighted by Gasteiger charge is 2.25. The van der Waals surface area contributed by atoms with E-state index >= 15 is 0 Å². The Kier molecular flexibility index (Phi) is 5.55. The second-order valence-corrected chi connectivity index (χ2v) is 6.10. The zero-order chi connectivity index (χ0) is 14.4. The van der Waals surface area contributed by atoms with Crippen molar-refractivity contribution in [3.05, 3.63) is 22.4 Å². The largest absolute Gasteiger partial charge is 0.481 e. The summed E-state index contributed by atoms with van der Waals surface area (Å²) in [5.41, 5.74) is 0. The number of carboxylic acid groups (broad SMARTS) is 1. The monoisotopic (exact) mass is 296 g/mol. The summed E-state index contributed by atoms with van der Waals surface area (Å²) in [7, 11) is 0. The van der Waals surface area contributed by atoms with Crippen LogP contribution >= 0.6 is 11.3 Å². The van der Waals surface area contributed by atoms with E-state index in [0.29, 0.717) is 39.0 Å². The van der Waals surface area contributed by atoms with Crippen LogP contribution in [-0.2, 0) is 16.0 Å². The molecule has 1 aromatic rings. The number of likely N-dealkylation sites (tertiary alicyclic amines) is 1. The molecule has 1 aromatic heterocycles. The van der Waals surface area contributed by atoms with E-state index in [1.165, 1.54) is 4.88 Å². The zero-order valence-corrected chi connectivity index (χ0v) is 12.2. The van der Waals surface area contributed by atoms with Crippen LogP contribution in [0.4, 0.5) is 0 Å². The van der Waals surface area contributed by atoms with Crippen molar-refractivity contribution in [2.24, 2.45) is 5.92 Å². The molecule has 1 amide bonds. The summed E-state index contributed by atoms with van der Waals surface area (Å²) in [6.45, 7) is 2.41. The van der Waals surface area contributed by atoms with E-state index in [1.807, 2.05) is 16.3 Å². The Morgan fingerprint density at radius 3 is 2.75 bits per heavy atom. The highest BCUT2D eigenvalue weighted by atomic mass is 32.1. The van der Waals surface area contributed by atoms with E-state index in [0.717, 1.165) is 6.42 Å². The predicted octanol–water partition coefficient (Wildman–Crippen LogP) is 1.20. The summed E-state index contributed by atoms with van der Waals surface area (Å²) in [6.07, 6.45) is 2.14. The lowest BCUT2D eigenvalue weighted by atomic mass is 9.97. The van der Waals surface area contributed by atoms with Crippen molar-refractivity contribution in [2.45, 2.75) is 19.3 Å². The first kappa shape index (κ1) is 15.0. The first-order chi connectivity index (χ1) is 9.65. The Balaban J connectivity index is 1.61. The van der Waals surface area contributed by atoms with Crippen molar-refractivity contribution < 1.29 is 14.7 Å². The van der Waals surface area contributed by atoms with Crippen molar-refractivity contribution in [2.75, 3.05) is 26.2 Å². The standard InChI is InChI=1S/C14H20N2O3S/c17-13(15-6-3-12-2-1-9-20-12)10-16-7-4-11(5-8-16)14(18)19/h1-2,9,11H,3-8,10H2,(H,15,17)(H,18,19). The lowest BCUT2D eigenvalue weighted by Gasteiger charge is -2.29. The van der Waals surface area contributed by atoms with Crippen molar-refractivity contribution >= 4 is 23.2 Å². The second kappa shape index (κ2) is 7.40. The molecule has 5 nitrogen and oxygen atoms in total. The lowest BCUT2D eigenvalue weighted by Crippen LogP contribution is -2.43. The summed E-state index contributed by atoms with van der Waals surface area (Å²) in [5.74, 6) is -0.937. The molecule has 0 atom stereocenters. The maximum absolute atomic E-state index is 11.8. The molecule has 1 fully saturated rings. The summed E-state index contributed by atoms with van der Waals surface area (Å²) in [5, 5.41) is 13.9. The minimum Gasteiger partial charge on any atom is -0.481 e. The van der Waals surface area contributed by atoms with Gasteiger partial charge >= 0.3 is 5.97 Å². The molecule has 0 aliphatic carbocycles. The molecular formula is C14H20N2O3S. The van der Waals surface area contributed by atoms with Gasteiger partial charge in [-0.15, -0.1) is 11.3 Å². The van der Waals surface area contributed by atoms with Crippen LogP contribution < -0.4 is 5.32 Å². The van der Waals surface area contributed by atoms with Crippen molar-refractivity contribution in [1.29, 1.82) is 0 Å². The molecule has 0 saturated carbocycles. The summed E-state index contributed by atoms with van der Waals surface area (Å²) >= 11 is 1.70. The van der Waals surface area contributed by atoms with Crippen LogP contribution in [0.2, 0.25) is 0 Å². The van der Waals surface area contributed by atoms with E-state index in [2.05, 4.69) is 11.4 Å². The minimum atomic E-state index is -0.718. The van der Waals surface area contributed by atoms with Crippen LogP contribution in [0, 0.1) is 5.92 Å². The van der Waals surface area contributed by atoms with Gasteiger partial charge in [-0.3, -0.25) is 14.5 Å². The number of nitrogens with one attached hydrogen (secondary N) is 1. The lowest BCUT2D eigenvalue weighted by molar-refractivity contribution is -0.143. The van der Waals surface area contributed by atoms with Crippen molar-refractivity contribution in [3.63, 3.8) is 0 Å². The molecule has 20 heavy (non-hydrogen) atoms. The fourth-order valence-corrected chi connectivity index (χ4v) is 3.09. The van der Waals surface area contributed by atoms with E-state index in [4.69, 9.17) is 5.11 Å². The predicted molar refractivity (Wildman–Crippen MR) is 77.8 cm³/mol. The number of aliphatic carboxylic acids is 1. The molecule has 0 aromatic carbocycles. The van der Waals surface area contributed by atoms with E-state index < -0.39 is 5.97 Å². The molecule has 110 valence electrons. The zero-order valence-electron chi connectivity index (χ0n) is 11.4. The Hall–Kier alpha value is -1.40. The Morgan fingerprint density at radius 2 is 2.15 bits per heavy atom. The summed E-state index contributed by atoms with van der Waals surface area (Å²) in [4.78, 5) is 25.9. The van der Waals surface area contributed by atoms with Crippen LogP contribution in [0.25, 0.3) is 0 Å². The quantitative estimate of drug-likeness (QED) is 0.828. The second-order valence-electron chi connectivity index (χ2n) is 5.07. The molecular weight excluding hydrogens is 276 g/mol. The first-order valence-electron chi connectivity index (χ1n) is 6.89. The average Bonchev–Trinajstić information content (AvgIpc) is 2.92. The van der Waals surface area contributed by atoms with Crippen LogP contribution in [0.15, 0.2) is 17.5 Å². The van der Waals surface area contributed by atoms with Gasteiger partial charge in [-0.1, -0.05) is 6.07 Å². The molecule has 2 rings (SSSR count). The highest BCUT2D eigenvalue weighted by Crippen LogP contribution is 2.16. The maximum Gasteiger partial charge on any atom is 0.306 e. The topological polar surface area (TPSA) is 69.6 Å². The van der Waals surface area contributed by atoms with Gasteiger partial charge in [-0.25, -0.2) is 0 Å². The van der Waals surface area contributed by atoms with Crippen LogP contribution in [0.3, 0.4) is 0 Å². The van der Waals surface area contributed by atoms with Crippen LogP contribution in [0.5, 0.6) is 0 Å². The van der Waals surface area contributed by atoms with Crippen molar-refractivity contribution in [1.82, 2.24) is 10.2 Å². The number of piperidine rings is 1. The molecule has 0 radical (unpaired) electrons. The number of hydrogen-bond donors (Lipinski definition) is 2. The Bertz CT molecular complexity index is 439. The van der Waals surface area contributed by atoms with Crippen molar-refractivity contribution in [3.8, 4) is 0 Å². The third-order valence-electron chi connectivity index (χ3n) is 3.58. The molecule has 0 bridgehead atoms. The molecule has 1 aliphatic heterocycles. The number of carboxylic acids is 1. The third kappa shape index (κ3) is 4.61. The van der Waals surface area contributed by atoms with Crippen LogP contribution in [-0.4, -0.2) is 48.1 Å². The molecule has 1 saturated heterocycles. The van der Waals surface area contributed by atoms with Gasteiger partial charge in [0.1, 0.15) is 0 Å². The number of hydrogen-bond acceptors (Lipinski definition) is 4. The number of nitrogens with zero attached hydrogens (tertiary/aromatic N) is 1. The fourth-order valence-electron chi connectivity index (χ4n) is 2.38. The van der Waals surface area contributed by atoms with E-state index in [-0.39, 0.29) is 11.8 Å². The fraction of sp³-hybridized carbons (Fsp3) is 0.571. The van der Waals surface area contributed by atoms with Gasteiger partial charge in [0.05, 0.1) is 12.5 Å². The van der Waals surface area contributed by atoms with E-state index in [9.17, 15) is 9.59 Å². The first-order valence-corrected chi connectivity index (χ1v) is 7.77. The number of carbonyl (C=O) groups excluding carboxylic acids is 1. The van der Waals surface area contributed by atoms with Crippen LogP contribution in [0.1, 0.15) is 17.7 Å². The molecule has 2 N–H and O–H groups in total. The smallest absolute Gasteiger partial charge is 0.306 e. The van der Waals surface area contributed by atoms with Gasteiger partial charge in [0.2, 0.25) is 5.91 Å². The normalized spacial score (nSPS) is 17.0. The minimum absolute atomic E-state index is 0.0235. The summed E-state index contributed by atoms with van der Waals surface area (Å²) < 4.78 is 0. The SMILES string of the molecule is O=C(CN1CCC(C(=O)O)CC1)NCCc1cccs1. The van der Waals surface area contributed by atoms with Gasteiger partial charge in [-0.05, 0) is 43.8 Å². The molecule has 0 spiro atoms. The van der Waals surface area contributed by atoms with Gasteiger partial charge in [0, 0.05) is 11.4 Å². The summed E-state index contributed by atoms with van der Waals surface area (Å²) in [6, 6.07) is 4.07. The van der Waals surface area contributed by atoms with E-state index in [1.54, 1.807) is 11.3 Å². The number of thiophene rings is 1. The van der Waals surface area contributed by atoms with Gasteiger partial charge in [0.25, 0.3) is 0 Å². The number of amides is 1. The molecule has 2 heterocycles. The third-order valence-corrected chi connectivity index (χ3v) is 4.51. The van der Waals surface area contributed by atoms with Gasteiger partial charge in [-0.2, -0.15) is 0 Å². The number of rotatable bonds is 6. The number of carbonyl (C=O) groups is 2. The molecule has 1 aliphatic rings. The maximum atomic E-state index is 11.8. The molecule has 6 heteroatoms. The van der Waals surface area contributed by atoms with Gasteiger partial charge in [0.15, 0.2) is 0 Å². The average molecular weight is 296 g/mol. The molecule has 0 unspecified atom stereocenters. The van der Waals surface area contributed by atoms with Gasteiger partial charge < -0.3 is 10.4 Å². The highest BCUT2D eigenvalue weighted by molar-refractivity contribution is 7.09. The Morgan fingerprint density at radius 1 is 1.40 bits per heavy atom. The Labute approximate surface area is 122 Å².